The van der Waals surface area contributed by atoms with E-state index in [1.807, 2.05) is 23.5 Å². The first-order chi connectivity index (χ1) is 24.3. The third kappa shape index (κ3) is 5.61. The minimum atomic E-state index is 0.702. The highest BCUT2D eigenvalue weighted by Gasteiger charge is 2.14. The zero-order chi connectivity index (χ0) is 32.6. The molecule has 0 aliphatic rings. The molecule has 2 heterocycles. The lowest BCUT2D eigenvalue weighted by Crippen LogP contribution is -1.96. The number of rotatable bonds is 6. The summed E-state index contributed by atoms with van der Waals surface area (Å²) in [6.45, 7) is 0. The Hall–Kier alpha value is -6.16. The zero-order valence-corrected chi connectivity index (χ0v) is 27.4. The summed E-state index contributed by atoms with van der Waals surface area (Å²) in [5.41, 5.74) is 12.0. The van der Waals surface area contributed by atoms with E-state index in [9.17, 15) is 0 Å². The fourth-order valence-corrected chi connectivity index (χ4v) is 7.80. The van der Waals surface area contributed by atoms with Crippen molar-refractivity contribution in [2.24, 2.45) is 0 Å². The normalized spacial score (nSPS) is 11.3. The van der Waals surface area contributed by atoms with Crippen LogP contribution in [0.3, 0.4) is 0 Å². The summed E-state index contributed by atoms with van der Waals surface area (Å²) in [6.07, 6.45) is 0. The third-order valence-corrected chi connectivity index (χ3v) is 10.2. The molecule has 9 rings (SSSR count). The van der Waals surface area contributed by atoms with Gasteiger partial charge in [-0.3, -0.25) is 0 Å². The minimum Gasteiger partial charge on any atom is -0.228 e. The molecule has 3 heteroatoms. The van der Waals surface area contributed by atoms with Crippen LogP contribution in [0.25, 0.3) is 87.5 Å². The molecule has 230 valence electrons. The van der Waals surface area contributed by atoms with E-state index in [1.54, 1.807) is 0 Å². The van der Waals surface area contributed by atoms with Crippen LogP contribution in [-0.2, 0) is 0 Å². The topological polar surface area (TPSA) is 25.8 Å². The van der Waals surface area contributed by atoms with Gasteiger partial charge < -0.3 is 0 Å². The molecule has 0 saturated carbocycles. The molecule has 49 heavy (non-hydrogen) atoms. The molecule has 0 aliphatic carbocycles. The monoisotopic (exact) mass is 642 g/mol. The van der Waals surface area contributed by atoms with Gasteiger partial charge in [0.2, 0.25) is 0 Å². The van der Waals surface area contributed by atoms with Gasteiger partial charge in [-0.15, -0.1) is 11.3 Å². The van der Waals surface area contributed by atoms with Gasteiger partial charge in [0.05, 0.1) is 11.4 Å². The largest absolute Gasteiger partial charge is 0.228 e. The summed E-state index contributed by atoms with van der Waals surface area (Å²) in [5, 5.41) is 2.62. The lowest BCUT2D eigenvalue weighted by molar-refractivity contribution is 1.18. The van der Waals surface area contributed by atoms with Crippen LogP contribution in [0, 0.1) is 0 Å². The van der Waals surface area contributed by atoms with Crippen LogP contribution < -0.4 is 0 Å². The van der Waals surface area contributed by atoms with Gasteiger partial charge in [-0.05, 0) is 63.7 Å². The molecule has 9 aromatic rings. The van der Waals surface area contributed by atoms with Gasteiger partial charge in [0.1, 0.15) is 0 Å². The second-order valence-electron chi connectivity index (χ2n) is 12.2. The smallest absolute Gasteiger partial charge is 0.160 e. The van der Waals surface area contributed by atoms with Crippen molar-refractivity contribution in [3.63, 3.8) is 0 Å². The molecule has 0 aliphatic heterocycles. The fraction of sp³-hybridized carbons (Fsp3) is 0. The number of thiophene rings is 1. The quantitative estimate of drug-likeness (QED) is 0.180. The lowest BCUT2D eigenvalue weighted by Gasteiger charge is -2.12. The molecule has 0 spiro atoms. The van der Waals surface area contributed by atoms with Gasteiger partial charge in [-0.1, -0.05) is 152 Å². The number of fused-ring (bicyclic) bond motifs is 3. The second-order valence-corrected chi connectivity index (χ2v) is 13.3. The van der Waals surface area contributed by atoms with Gasteiger partial charge >= 0.3 is 0 Å². The van der Waals surface area contributed by atoms with Gasteiger partial charge in [0.25, 0.3) is 0 Å². The van der Waals surface area contributed by atoms with Crippen LogP contribution in [0.5, 0.6) is 0 Å². The summed E-state index contributed by atoms with van der Waals surface area (Å²) in [5.74, 6) is 0.702. The number of benzene rings is 7. The van der Waals surface area contributed by atoms with E-state index in [0.717, 1.165) is 39.2 Å². The number of hydrogen-bond acceptors (Lipinski definition) is 3. The highest BCUT2D eigenvalue weighted by Crippen LogP contribution is 2.40. The standard InChI is InChI=1S/C46H30N2S/c1-3-12-31(13-4-1)35-16-9-18-37(28-35)41-30-42(38-19-10-17-36(29-38)32-14-5-2-6-15-32)48-46(47-41)34-26-24-33(25-27-34)39-21-11-23-44-45(39)40-20-7-8-22-43(40)49-44/h1-30H. The van der Waals surface area contributed by atoms with Crippen molar-refractivity contribution < 1.29 is 0 Å². The zero-order valence-electron chi connectivity index (χ0n) is 26.6. The molecular formula is C46H30N2S. The SMILES string of the molecule is c1ccc(-c2cccc(-c3cc(-c4cccc(-c5ccccc5)c4)nc(-c4ccc(-c5cccc6sc7ccccc7c56)cc4)n3)c2)cc1. The van der Waals surface area contributed by atoms with Crippen molar-refractivity contribution >= 4 is 31.5 Å². The average molecular weight is 643 g/mol. The van der Waals surface area contributed by atoms with Gasteiger partial charge in [-0.25, -0.2) is 9.97 Å². The number of aromatic nitrogens is 2. The molecule has 0 atom stereocenters. The maximum atomic E-state index is 5.19. The van der Waals surface area contributed by atoms with Gasteiger partial charge in [0.15, 0.2) is 5.82 Å². The number of nitrogens with zero attached hydrogens (tertiary/aromatic N) is 2. The summed E-state index contributed by atoms with van der Waals surface area (Å²) in [6, 6.07) is 64.4. The van der Waals surface area contributed by atoms with Crippen LogP contribution in [0.2, 0.25) is 0 Å². The maximum absolute atomic E-state index is 5.19. The fourth-order valence-electron chi connectivity index (χ4n) is 6.66. The van der Waals surface area contributed by atoms with Crippen molar-refractivity contribution in [3.8, 4) is 67.3 Å². The Kier molecular flexibility index (Phi) is 7.38. The molecule has 0 amide bonds. The predicted octanol–water partition coefficient (Wildman–Crippen LogP) is 12.8. The lowest BCUT2D eigenvalue weighted by atomic mass is 9.98. The Balaban J connectivity index is 1.17. The van der Waals surface area contributed by atoms with Crippen LogP contribution in [0.4, 0.5) is 0 Å². The van der Waals surface area contributed by atoms with Crippen molar-refractivity contribution in [2.45, 2.75) is 0 Å². The Labute approximate surface area is 289 Å². The van der Waals surface area contributed by atoms with Crippen LogP contribution in [0.1, 0.15) is 0 Å². The van der Waals surface area contributed by atoms with Crippen molar-refractivity contribution in [2.75, 3.05) is 0 Å². The Bertz CT molecular complexity index is 2490. The first kappa shape index (κ1) is 29.0. The van der Waals surface area contributed by atoms with Crippen LogP contribution >= 0.6 is 11.3 Å². The maximum Gasteiger partial charge on any atom is 0.160 e. The van der Waals surface area contributed by atoms with E-state index < -0.39 is 0 Å². The summed E-state index contributed by atoms with van der Waals surface area (Å²) >= 11 is 1.85. The molecule has 0 fully saturated rings. The van der Waals surface area contributed by atoms with Crippen LogP contribution in [-0.4, -0.2) is 9.97 Å². The van der Waals surface area contributed by atoms with E-state index in [-0.39, 0.29) is 0 Å². The molecule has 0 unspecified atom stereocenters. The first-order valence-electron chi connectivity index (χ1n) is 16.5. The highest BCUT2D eigenvalue weighted by atomic mass is 32.1. The average Bonchev–Trinajstić information content (AvgIpc) is 3.58. The van der Waals surface area contributed by atoms with Gasteiger partial charge in [0, 0.05) is 36.9 Å². The number of hydrogen-bond donors (Lipinski definition) is 0. The van der Waals surface area contributed by atoms with Crippen molar-refractivity contribution in [1.29, 1.82) is 0 Å². The van der Waals surface area contributed by atoms with Crippen LogP contribution in [0.15, 0.2) is 182 Å². The molecule has 7 aromatic carbocycles. The third-order valence-electron chi connectivity index (χ3n) is 9.11. The predicted molar refractivity (Wildman–Crippen MR) is 208 cm³/mol. The Morgan fingerprint density at radius 2 is 0.816 bits per heavy atom. The van der Waals surface area contributed by atoms with E-state index in [0.29, 0.717) is 5.82 Å². The van der Waals surface area contributed by atoms with Crippen molar-refractivity contribution in [1.82, 2.24) is 9.97 Å². The van der Waals surface area contributed by atoms with E-state index in [4.69, 9.17) is 9.97 Å². The van der Waals surface area contributed by atoms with E-state index >= 15 is 0 Å². The Morgan fingerprint density at radius 1 is 0.327 bits per heavy atom. The highest BCUT2D eigenvalue weighted by molar-refractivity contribution is 7.25. The minimum absolute atomic E-state index is 0.702. The Morgan fingerprint density at radius 3 is 1.45 bits per heavy atom. The molecule has 0 saturated heterocycles. The van der Waals surface area contributed by atoms with Crippen molar-refractivity contribution in [3.05, 3.63) is 182 Å². The van der Waals surface area contributed by atoms with E-state index in [1.165, 1.54) is 42.4 Å². The summed E-state index contributed by atoms with van der Waals surface area (Å²) in [7, 11) is 0. The first-order valence-corrected chi connectivity index (χ1v) is 17.3. The van der Waals surface area contributed by atoms with Gasteiger partial charge in [-0.2, -0.15) is 0 Å². The molecular weight excluding hydrogens is 613 g/mol. The molecule has 0 N–H and O–H groups in total. The molecule has 2 nitrogen and oxygen atoms in total. The molecule has 2 aromatic heterocycles. The summed E-state index contributed by atoms with van der Waals surface area (Å²) in [4.78, 5) is 10.4. The second kappa shape index (κ2) is 12.5. The molecule has 0 radical (unpaired) electrons. The van der Waals surface area contributed by atoms with E-state index in [2.05, 4.69) is 170 Å². The summed E-state index contributed by atoms with van der Waals surface area (Å²) < 4.78 is 2.62. The molecule has 0 bridgehead atoms.